The molecule has 216 valence electrons. The third-order valence-corrected chi connectivity index (χ3v) is 10.0. The summed E-state index contributed by atoms with van der Waals surface area (Å²) in [5, 5.41) is 6.29. The number of fused-ring (bicyclic) bond motifs is 6. The van der Waals surface area contributed by atoms with Crippen LogP contribution in [0.3, 0.4) is 0 Å². The minimum absolute atomic E-state index is 1.06. The van der Waals surface area contributed by atoms with Crippen molar-refractivity contribution >= 4 is 70.2 Å². The molecule has 2 heterocycles. The Labute approximate surface area is 271 Å². The lowest BCUT2D eigenvalue weighted by Gasteiger charge is -2.26. The molecule has 0 aliphatic heterocycles. The second-order valence-electron chi connectivity index (χ2n) is 11.7. The highest BCUT2D eigenvalue weighted by molar-refractivity contribution is 7.25. The Morgan fingerprint density at radius 3 is 1.83 bits per heavy atom. The molecule has 0 fully saturated rings. The summed E-state index contributed by atoms with van der Waals surface area (Å²) in [6.07, 6.45) is 1.88. The largest absolute Gasteiger partial charge is 0.310 e. The zero-order valence-corrected chi connectivity index (χ0v) is 25.8. The minimum atomic E-state index is 1.06. The number of hydrogen-bond acceptors (Lipinski definition) is 3. The summed E-state index contributed by atoms with van der Waals surface area (Å²) in [7, 11) is 0. The van der Waals surface area contributed by atoms with Crippen molar-refractivity contribution in [2.75, 3.05) is 4.90 Å². The second kappa shape index (κ2) is 11.0. The van der Waals surface area contributed by atoms with Gasteiger partial charge in [-0.15, -0.1) is 11.3 Å². The maximum absolute atomic E-state index is 4.74. The Morgan fingerprint density at radius 1 is 0.391 bits per heavy atom. The highest BCUT2D eigenvalue weighted by atomic mass is 32.1. The van der Waals surface area contributed by atoms with Crippen LogP contribution in [0.1, 0.15) is 0 Å². The van der Waals surface area contributed by atoms with Gasteiger partial charge >= 0.3 is 0 Å². The Balaban J connectivity index is 1.14. The van der Waals surface area contributed by atoms with Crippen LogP contribution in [0.5, 0.6) is 0 Å². The molecular weight excluding hydrogens is 577 g/mol. The van der Waals surface area contributed by atoms with Gasteiger partial charge in [0.25, 0.3) is 0 Å². The van der Waals surface area contributed by atoms with E-state index >= 15 is 0 Å². The highest BCUT2D eigenvalue weighted by Gasteiger charge is 2.16. The molecule has 0 unspecified atom stereocenters. The van der Waals surface area contributed by atoms with Crippen LogP contribution < -0.4 is 4.90 Å². The van der Waals surface area contributed by atoms with Crippen molar-refractivity contribution in [1.29, 1.82) is 0 Å². The number of nitrogens with zero attached hydrogens (tertiary/aromatic N) is 2. The zero-order valence-electron chi connectivity index (χ0n) is 25.0. The first-order valence-corrected chi connectivity index (χ1v) is 16.4. The predicted octanol–water partition coefficient (Wildman–Crippen LogP) is 12.6. The third-order valence-electron chi connectivity index (χ3n) is 8.90. The van der Waals surface area contributed by atoms with Crippen LogP contribution in [0.15, 0.2) is 170 Å². The second-order valence-corrected chi connectivity index (χ2v) is 12.7. The molecule has 0 atom stereocenters. The Bertz CT molecular complexity index is 2510. The van der Waals surface area contributed by atoms with Gasteiger partial charge in [-0.05, 0) is 104 Å². The Morgan fingerprint density at radius 2 is 1.02 bits per heavy atom. The molecule has 0 aliphatic carbocycles. The Hall–Kier alpha value is -5.77. The van der Waals surface area contributed by atoms with Crippen LogP contribution in [-0.2, 0) is 0 Å². The van der Waals surface area contributed by atoms with Crippen LogP contribution in [-0.4, -0.2) is 4.98 Å². The standard InChI is InChI=1S/C43H28N2S/c1-2-7-29(8-3-1)30-14-19-35(20-15-30)45(37-23-25-41-40(28-37)43-42(46-41)11-6-26-44-43)36-21-16-31(17-22-36)33-18-24-39-34(27-33)13-12-32-9-4-5-10-38(32)39/h1-28H. The number of anilines is 3. The van der Waals surface area contributed by atoms with Gasteiger partial charge in [0.1, 0.15) is 0 Å². The average molecular weight is 605 g/mol. The average Bonchev–Trinajstić information content (AvgIpc) is 3.50. The summed E-state index contributed by atoms with van der Waals surface area (Å²) in [4.78, 5) is 7.08. The molecule has 46 heavy (non-hydrogen) atoms. The number of rotatable bonds is 5. The van der Waals surface area contributed by atoms with Crippen molar-refractivity contribution in [3.63, 3.8) is 0 Å². The molecule has 3 heteroatoms. The van der Waals surface area contributed by atoms with E-state index < -0.39 is 0 Å². The molecule has 2 aromatic heterocycles. The fraction of sp³-hybridized carbons (Fsp3) is 0. The number of aromatic nitrogens is 1. The molecular formula is C43H28N2S. The van der Waals surface area contributed by atoms with Crippen molar-refractivity contribution < 1.29 is 0 Å². The van der Waals surface area contributed by atoms with E-state index in [0.29, 0.717) is 0 Å². The first-order chi connectivity index (χ1) is 22.8. The summed E-state index contributed by atoms with van der Waals surface area (Å²) >= 11 is 1.79. The fourth-order valence-corrected chi connectivity index (χ4v) is 7.65. The monoisotopic (exact) mass is 604 g/mol. The summed E-state index contributed by atoms with van der Waals surface area (Å²) < 4.78 is 2.46. The normalized spacial score (nSPS) is 11.5. The molecule has 0 saturated carbocycles. The third kappa shape index (κ3) is 4.61. The van der Waals surface area contributed by atoms with Gasteiger partial charge in [-0.3, -0.25) is 4.98 Å². The van der Waals surface area contributed by atoms with Crippen LogP contribution >= 0.6 is 11.3 Å². The van der Waals surface area contributed by atoms with E-state index in [1.165, 1.54) is 58.6 Å². The van der Waals surface area contributed by atoms with Gasteiger partial charge in [0.05, 0.1) is 10.2 Å². The van der Waals surface area contributed by atoms with Crippen LogP contribution in [0, 0.1) is 0 Å². The van der Waals surface area contributed by atoms with Gasteiger partial charge in [-0.1, -0.05) is 103 Å². The molecule has 0 N–H and O–H groups in total. The molecule has 2 nitrogen and oxygen atoms in total. The topological polar surface area (TPSA) is 16.1 Å². The Kier molecular flexibility index (Phi) is 6.36. The maximum Gasteiger partial charge on any atom is 0.0889 e. The molecule has 7 aromatic carbocycles. The van der Waals surface area contributed by atoms with Crippen molar-refractivity contribution in [3.05, 3.63) is 170 Å². The van der Waals surface area contributed by atoms with Crippen molar-refractivity contribution in [2.45, 2.75) is 0 Å². The van der Waals surface area contributed by atoms with Gasteiger partial charge in [-0.2, -0.15) is 0 Å². The van der Waals surface area contributed by atoms with Crippen LogP contribution in [0.4, 0.5) is 17.1 Å². The van der Waals surface area contributed by atoms with Crippen molar-refractivity contribution in [1.82, 2.24) is 4.98 Å². The van der Waals surface area contributed by atoms with E-state index in [1.54, 1.807) is 11.3 Å². The van der Waals surface area contributed by atoms with E-state index in [2.05, 4.69) is 163 Å². The summed E-state index contributed by atoms with van der Waals surface area (Å²) in [6, 6.07) is 59.1. The van der Waals surface area contributed by atoms with Gasteiger partial charge in [-0.25, -0.2) is 0 Å². The van der Waals surface area contributed by atoms with Gasteiger partial charge in [0.15, 0.2) is 0 Å². The van der Waals surface area contributed by atoms with E-state index in [0.717, 1.165) is 22.6 Å². The van der Waals surface area contributed by atoms with E-state index in [4.69, 9.17) is 4.98 Å². The summed E-state index contributed by atoms with van der Waals surface area (Å²) in [5.74, 6) is 0. The number of hydrogen-bond donors (Lipinski definition) is 0. The number of pyridine rings is 1. The highest BCUT2D eigenvalue weighted by Crippen LogP contribution is 2.41. The number of benzene rings is 7. The van der Waals surface area contributed by atoms with Crippen molar-refractivity contribution in [3.8, 4) is 22.3 Å². The van der Waals surface area contributed by atoms with E-state index in [9.17, 15) is 0 Å². The number of thiophene rings is 1. The lowest BCUT2D eigenvalue weighted by Crippen LogP contribution is -2.09. The molecule has 9 aromatic rings. The van der Waals surface area contributed by atoms with Crippen LogP contribution in [0.2, 0.25) is 0 Å². The SMILES string of the molecule is c1ccc(-c2ccc(N(c3ccc(-c4ccc5c(ccc6ccccc65)c4)cc3)c3ccc4sc5cccnc5c4c3)cc2)cc1. The lowest BCUT2D eigenvalue weighted by molar-refractivity contribution is 1.29. The summed E-state index contributed by atoms with van der Waals surface area (Å²) in [5.41, 5.74) is 9.20. The first-order valence-electron chi connectivity index (χ1n) is 15.5. The molecule has 0 spiro atoms. The van der Waals surface area contributed by atoms with Crippen molar-refractivity contribution in [2.24, 2.45) is 0 Å². The predicted molar refractivity (Wildman–Crippen MR) is 198 cm³/mol. The van der Waals surface area contributed by atoms with Gasteiger partial charge in [0, 0.05) is 33.3 Å². The molecule has 0 saturated heterocycles. The smallest absolute Gasteiger partial charge is 0.0889 e. The van der Waals surface area contributed by atoms with Gasteiger partial charge < -0.3 is 4.90 Å². The van der Waals surface area contributed by atoms with E-state index in [-0.39, 0.29) is 0 Å². The minimum Gasteiger partial charge on any atom is -0.310 e. The maximum atomic E-state index is 4.74. The molecule has 0 radical (unpaired) electrons. The fourth-order valence-electron chi connectivity index (χ4n) is 6.60. The van der Waals surface area contributed by atoms with E-state index in [1.807, 2.05) is 12.3 Å². The lowest BCUT2D eigenvalue weighted by atomic mass is 9.97. The molecule has 9 rings (SSSR count). The molecule has 0 amide bonds. The molecule has 0 aliphatic rings. The van der Waals surface area contributed by atoms with Crippen LogP contribution in [0.25, 0.3) is 64.1 Å². The van der Waals surface area contributed by atoms with Gasteiger partial charge in [0.2, 0.25) is 0 Å². The first kappa shape index (κ1) is 26.6. The molecule has 0 bridgehead atoms. The summed E-state index contributed by atoms with van der Waals surface area (Å²) in [6.45, 7) is 0. The zero-order chi connectivity index (χ0) is 30.5. The quantitative estimate of drug-likeness (QED) is 0.182.